The number of ether oxygens (including phenoxy) is 1. The van der Waals surface area contributed by atoms with Crippen molar-refractivity contribution in [1.82, 2.24) is 25.2 Å². The summed E-state index contributed by atoms with van der Waals surface area (Å²) < 4.78 is 7.24. The van der Waals surface area contributed by atoms with Gasteiger partial charge in [-0.1, -0.05) is 61.9 Å². The van der Waals surface area contributed by atoms with Gasteiger partial charge < -0.3 is 4.74 Å². The number of hydrogen-bond donors (Lipinski definition) is 0. The van der Waals surface area contributed by atoms with Crippen LogP contribution < -0.4 is 0 Å². The molecule has 146 valence electrons. The monoisotopic (exact) mass is 387 g/mol. The zero-order valence-corrected chi connectivity index (χ0v) is 16.2. The highest BCUT2D eigenvalue weighted by atomic mass is 16.5. The van der Waals surface area contributed by atoms with E-state index in [4.69, 9.17) is 9.72 Å². The van der Waals surface area contributed by atoms with Crippen molar-refractivity contribution in [1.29, 1.82) is 0 Å². The Labute approximate surface area is 168 Å². The lowest BCUT2D eigenvalue weighted by Crippen LogP contribution is -2.12. The molecule has 4 aromatic rings. The standard InChI is InChI=1S/C22H21N5O2/c1-2-3-13-27-21(24-25-26-27)15-29-22(28)18-14-20(16-9-5-4-6-10-16)23-19-12-8-7-11-17(18)19/h4-12,14H,2-3,13,15H2,1H3. The van der Waals surface area contributed by atoms with Crippen molar-refractivity contribution in [3.63, 3.8) is 0 Å². The SMILES string of the molecule is CCCCn1nnnc1COC(=O)c1cc(-c2ccccc2)nc2ccccc12. The van der Waals surface area contributed by atoms with Gasteiger partial charge in [-0.2, -0.15) is 0 Å². The van der Waals surface area contributed by atoms with Crippen molar-refractivity contribution in [3.05, 3.63) is 72.1 Å². The first-order valence-electron chi connectivity index (χ1n) is 9.63. The van der Waals surface area contributed by atoms with Crippen LogP contribution in [-0.4, -0.2) is 31.2 Å². The maximum atomic E-state index is 12.9. The minimum Gasteiger partial charge on any atom is -0.454 e. The smallest absolute Gasteiger partial charge is 0.339 e. The molecule has 0 unspecified atom stereocenters. The van der Waals surface area contributed by atoms with Crippen molar-refractivity contribution < 1.29 is 9.53 Å². The number of carbonyl (C=O) groups excluding carboxylic acids is 1. The number of hydrogen-bond acceptors (Lipinski definition) is 6. The van der Waals surface area contributed by atoms with Gasteiger partial charge in [0.15, 0.2) is 12.4 Å². The number of fused-ring (bicyclic) bond motifs is 1. The number of tetrazole rings is 1. The molecule has 2 heterocycles. The van der Waals surface area contributed by atoms with Crippen LogP contribution in [0.5, 0.6) is 0 Å². The number of rotatable bonds is 7. The minimum atomic E-state index is -0.425. The summed E-state index contributed by atoms with van der Waals surface area (Å²) in [5.41, 5.74) is 2.88. The lowest BCUT2D eigenvalue weighted by molar-refractivity contribution is 0.0458. The number of aryl methyl sites for hydroxylation is 1. The molecule has 0 spiro atoms. The van der Waals surface area contributed by atoms with Crippen LogP contribution in [0.15, 0.2) is 60.7 Å². The summed E-state index contributed by atoms with van der Waals surface area (Å²) in [6.45, 7) is 2.82. The highest BCUT2D eigenvalue weighted by Crippen LogP contribution is 2.25. The molecule has 4 rings (SSSR count). The van der Waals surface area contributed by atoms with Crippen LogP contribution in [0.1, 0.15) is 35.9 Å². The molecule has 2 aromatic carbocycles. The van der Waals surface area contributed by atoms with Crippen LogP contribution in [0, 0.1) is 0 Å². The molecule has 0 fully saturated rings. The van der Waals surface area contributed by atoms with Crippen LogP contribution in [-0.2, 0) is 17.9 Å². The van der Waals surface area contributed by atoms with Gasteiger partial charge >= 0.3 is 5.97 Å². The van der Waals surface area contributed by atoms with Gasteiger partial charge in [-0.15, -0.1) is 5.10 Å². The van der Waals surface area contributed by atoms with Gasteiger partial charge in [0.2, 0.25) is 0 Å². The second-order valence-corrected chi connectivity index (χ2v) is 6.69. The summed E-state index contributed by atoms with van der Waals surface area (Å²) in [5, 5.41) is 12.4. The van der Waals surface area contributed by atoms with Gasteiger partial charge in [-0.05, 0) is 29.0 Å². The van der Waals surface area contributed by atoms with E-state index in [1.54, 1.807) is 10.7 Å². The average Bonchev–Trinajstić information content (AvgIpc) is 3.23. The summed E-state index contributed by atoms with van der Waals surface area (Å²) >= 11 is 0. The predicted octanol–water partition coefficient (Wildman–Crippen LogP) is 4.05. The third kappa shape index (κ3) is 4.13. The summed E-state index contributed by atoms with van der Waals surface area (Å²) in [6, 6.07) is 19.1. The number of nitrogens with zero attached hydrogens (tertiary/aromatic N) is 5. The number of carbonyl (C=O) groups is 1. The Morgan fingerprint density at radius 3 is 2.69 bits per heavy atom. The first-order chi connectivity index (χ1) is 14.3. The third-order valence-electron chi connectivity index (χ3n) is 4.67. The Bertz CT molecular complexity index is 1120. The Morgan fingerprint density at radius 1 is 1.07 bits per heavy atom. The van der Waals surface area contributed by atoms with Crippen LogP contribution in [0.2, 0.25) is 0 Å². The Balaban J connectivity index is 1.62. The first kappa shape index (κ1) is 18.7. The molecule has 0 aliphatic carbocycles. The van der Waals surface area contributed by atoms with E-state index in [2.05, 4.69) is 22.4 Å². The van der Waals surface area contributed by atoms with E-state index in [9.17, 15) is 4.79 Å². The summed E-state index contributed by atoms with van der Waals surface area (Å²) in [4.78, 5) is 17.6. The summed E-state index contributed by atoms with van der Waals surface area (Å²) in [6.07, 6.45) is 1.99. The zero-order valence-electron chi connectivity index (χ0n) is 16.2. The predicted molar refractivity (Wildman–Crippen MR) is 109 cm³/mol. The van der Waals surface area contributed by atoms with Crippen LogP contribution in [0.3, 0.4) is 0 Å². The molecule has 7 nitrogen and oxygen atoms in total. The largest absolute Gasteiger partial charge is 0.454 e. The molecule has 0 saturated carbocycles. The fourth-order valence-corrected chi connectivity index (χ4v) is 3.12. The van der Waals surface area contributed by atoms with Gasteiger partial charge in [0, 0.05) is 17.5 Å². The molecule has 29 heavy (non-hydrogen) atoms. The molecule has 0 atom stereocenters. The van der Waals surface area contributed by atoms with E-state index in [0.717, 1.165) is 35.0 Å². The van der Waals surface area contributed by atoms with Crippen LogP contribution >= 0.6 is 0 Å². The minimum absolute atomic E-state index is 0.0207. The number of para-hydroxylation sites is 1. The Morgan fingerprint density at radius 2 is 1.86 bits per heavy atom. The van der Waals surface area contributed by atoms with E-state index >= 15 is 0 Å². The van der Waals surface area contributed by atoms with E-state index in [1.807, 2.05) is 54.6 Å². The quantitative estimate of drug-likeness (QED) is 0.445. The molecule has 0 saturated heterocycles. The number of aromatic nitrogens is 5. The molecular formula is C22H21N5O2. The van der Waals surface area contributed by atoms with Crippen molar-refractivity contribution in [2.24, 2.45) is 0 Å². The third-order valence-corrected chi connectivity index (χ3v) is 4.67. The van der Waals surface area contributed by atoms with Gasteiger partial charge in [0.25, 0.3) is 0 Å². The van der Waals surface area contributed by atoms with Gasteiger partial charge in [-0.3, -0.25) is 0 Å². The molecule has 7 heteroatoms. The summed E-state index contributed by atoms with van der Waals surface area (Å²) in [7, 11) is 0. The molecule has 0 aliphatic rings. The van der Waals surface area contributed by atoms with E-state index in [-0.39, 0.29) is 6.61 Å². The van der Waals surface area contributed by atoms with Crippen molar-refractivity contribution in [2.45, 2.75) is 32.9 Å². The fraction of sp³-hybridized carbons (Fsp3) is 0.227. The molecule has 2 aromatic heterocycles. The molecule has 0 aliphatic heterocycles. The molecule has 0 radical (unpaired) electrons. The lowest BCUT2D eigenvalue weighted by atomic mass is 10.0. The zero-order chi connectivity index (χ0) is 20.1. The second kappa shape index (κ2) is 8.60. The Kier molecular flexibility index (Phi) is 5.56. The van der Waals surface area contributed by atoms with E-state index in [1.165, 1.54) is 0 Å². The number of unbranched alkanes of at least 4 members (excludes halogenated alkanes) is 1. The van der Waals surface area contributed by atoms with Crippen molar-refractivity contribution in [3.8, 4) is 11.3 Å². The highest BCUT2D eigenvalue weighted by Gasteiger charge is 2.17. The molecule has 0 bridgehead atoms. The van der Waals surface area contributed by atoms with Gasteiger partial charge in [-0.25, -0.2) is 14.5 Å². The van der Waals surface area contributed by atoms with Gasteiger partial charge in [0.05, 0.1) is 16.8 Å². The summed E-state index contributed by atoms with van der Waals surface area (Å²) in [5.74, 6) is 0.110. The van der Waals surface area contributed by atoms with Crippen molar-refractivity contribution >= 4 is 16.9 Å². The lowest BCUT2D eigenvalue weighted by Gasteiger charge is -2.10. The number of pyridine rings is 1. The fourth-order valence-electron chi connectivity index (χ4n) is 3.12. The first-order valence-corrected chi connectivity index (χ1v) is 9.63. The maximum Gasteiger partial charge on any atom is 0.339 e. The normalized spacial score (nSPS) is 10.9. The number of esters is 1. The maximum absolute atomic E-state index is 12.9. The molecular weight excluding hydrogens is 366 g/mol. The van der Waals surface area contributed by atoms with Crippen molar-refractivity contribution in [2.75, 3.05) is 0 Å². The van der Waals surface area contributed by atoms with Crippen LogP contribution in [0.25, 0.3) is 22.2 Å². The van der Waals surface area contributed by atoms with E-state index in [0.29, 0.717) is 17.9 Å². The average molecular weight is 387 g/mol. The second-order valence-electron chi connectivity index (χ2n) is 6.69. The van der Waals surface area contributed by atoms with E-state index < -0.39 is 5.97 Å². The molecule has 0 N–H and O–H groups in total. The molecule has 0 amide bonds. The highest BCUT2D eigenvalue weighted by molar-refractivity contribution is 6.04. The van der Waals surface area contributed by atoms with Crippen LogP contribution in [0.4, 0.5) is 0 Å². The topological polar surface area (TPSA) is 82.8 Å². The number of benzene rings is 2. The van der Waals surface area contributed by atoms with Gasteiger partial charge in [0.1, 0.15) is 0 Å². The Hall–Kier alpha value is -3.61.